The van der Waals surface area contributed by atoms with Gasteiger partial charge in [0, 0.05) is 19.5 Å². The van der Waals surface area contributed by atoms with Crippen molar-refractivity contribution >= 4 is 11.8 Å². The van der Waals surface area contributed by atoms with Gasteiger partial charge in [-0.3, -0.25) is 9.59 Å². The number of hydrogen-bond acceptors (Lipinski definition) is 4. The second kappa shape index (κ2) is 6.07. The van der Waals surface area contributed by atoms with E-state index in [2.05, 4.69) is 10.3 Å². The molecule has 4 rings (SSSR count). The Morgan fingerprint density at radius 3 is 2.88 bits per heavy atom. The molecule has 24 heavy (non-hydrogen) atoms. The van der Waals surface area contributed by atoms with Crippen molar-refractivity contribution in [1.82, 2.24) is 24.8 Å². The van der Waals surface area contributed by atoms with Crippen molar-refractivity contribution in [2.45, 2.75) is 32.0 Å². The third-order valence-corrected chi connectivity index (χ3v) is 4.67. The van der Waals surface area contributed by atoms with Gasteiger partial charge >= 0.3 is 0 Å². The molecule has 0 saturated carbocycles. The Balaban J connectivity index is 1.50. The molecule has 7 nitrogen and oxygen atoms in total. The topological polar surface area (TPSA) is 71.3 Å². The maximum absolute atomic E-state index is 12.8. The summed E-state index contributed by atoms with van der Waals surface area (Å²) in [4.78, 5) is 28.3. The first kappa shape index (κ1) is 14.9. The lowest BCUT2D eigenvalue weighted by molar-refractivity contribution is -0.139. The third-order valence-electron chi connectivity index (χ3n) is 4.67. The summed E-state index contributed by atoms with van der Waals surface area (Å²) in [5.74, 6) is 0.00740. The summed E-state index contributed by atoms with van der Waals surface area (Å²) >= 11 is 0. The van der Waals surface area contributed by atoms with E-state index in [9.17, 15) is 9.59 Å². The number of fused-ring (bicyclic) bond motifs is 1. The number of carbonyl (C=O) groups is 2. The van der Waals surface area contributed by atoms with E-state index in [0.29, 0.717) is 25.2 Å². The van der Waals surface area contributed by atoms with Gasteiger partial charge in [0.25, 0.3) is 5.91 Å². The number of hydrogen-bond donors (Lipinski definition) is 0. The minimum Gasteiger partial charge on any atom is -0.322 e. The van der Waals surface area contributed by atoms with Crippen LogP contribution >= 0.6 is 0 Å². The molecule has 1 unspecified atom stereocenters. The quantitative estimate of drug-likeness (QED) is 0.848. The lowest BCUT2D eigenvalue weighted by atomic mass is 10.2. The van der Waals surface area contributed by atoms with E-state index in [1.54, 1.807) is 15.8 Å². The fourth-order valence-electron chi connectivity index (χ4n) is 3.50. The first-order chi connectivity index (χ1) is 11.7. The van der Waals surface area contributed by atoms with Crippen LogP contribution in [-0.2, 0) is 11.3 Å². The Labute approximate surface area is 139 Å². The second-order valence-electron chi connectivity index (χ2n) is 6.25. The van der Waals surface area contributed by atoms with E-state index < -0.39 is 0 Å². The molecule has 3 heterocycles. The Morgan fingerprint density at radius 1 is 1.21 bits per heavy atom. The summed E-state index contributed by atoms with van der Waals surface area (Å²) in [7, 11) is 0. The van der Waals surface area contributed by atoms with E-state index in [1.165, 1.54) is 0 Å². The highest BCUT2D eigenvalue weighted by Gasteiger charge is 2.40. The van der Waals surface area contributed by atoms with Crippen molar-refractivity contribution in [2.24, 2.45) is 0 Å². The molecule has 0 aliphatic carbocycles. The zero-order valence-corrected chi connectivity index (χ0v) is 13.3. The highest BCUT2D eigenvalue weighted by molar-refractivity contribution is 5.93. The molecular weight excluding hydrogens is 306 g/mol. The van der Waals surface area contributed by atoms with Crippen molar-refractivity contribution in [1.29, 1.82) is 0 Å². The molecule has 124 valence electrons. The normalized spacial score (nSPS) is 20.3. The largest absolute Gasteiger partial charge is 0.322 e. The number of rotatable bonds is 3. The van der Waals surface area contributed by atoms with Crippen molar-refractivity contribution in [3.8, 4) is 0 Å². The van der Waals surface area contributed by atoms with Gasteiger partial charge in [-0.05, 0) is 18.4 Å². The molecule has 1 aromatic heterocycles. The molecule has 2 amide bonds. The zero-order valence-electron chi connectivity index (χ0n) is 13.3. The van der Waals surface area contributed by atoms with Gasteiger partial charge in [-0.15, -0.1) is 5.10 Å². The zero-order chi connectivity index (χ0) is 16.5. The SMILES string of the molecule is O=C1CCN(C(=O)c2cn(Cc3ccccc3)nn2)C2CCCN12. The van der Waals surface area contributed by atoms with Crippen LogP contribution in [-0.4, -0.2) is 55.9 Å². The third kappa shape index (κ3) is 2.66. The lowest BCUT2D eigenvalue weighted by Crippen LogP contribution is -2.55. The van der Waals surface area contributed by atoms with E-state index >= 15 is 0 Å². The number of amides is 2. The highest BCUT2D eigenvalue weighted by atomic mass is 16.2. The number of aromatic nitrogens is 3. The average molecular weight is 325 g/mol. The van der Waals surface area contributed by atoms with Crippen LogP contribution in [0.4, 0.5) is 0 Å². The summed E-state index contributed by atoms with van der Waals surface area (Å²) in [5.41, 5.74) is 1.44. The Bertz CT molecular complexity index is 757. The Hall–Kier alpha value is -2.70. The molecule has 7 heteroatoms. The van der Waals surface area contributed by atoms with Gasteiger partial charge in [0.15, 0.2) is 5.69 Å². The maximum atomic E-state index is 12.8. The van der Waals surface area contributed by atoms with Crippen LogP contribution in [0.3, 0.4) is 0 Å². The first-order valence-electron chi connectivity index (χ1n) is 8.27. The smallest absolute Gasteiger partial charge is 0.277 e. The minimum atomic E-state index is -0.140. The fourth-order valence-corrected chi connectivity index (χ4v) is 3.50. The number of carbonyl (C=O) groups excluding carboxylic acids is 2. The summed E-state index contributed by atoms with van der Waals surface area (Å²) < 4.78 is 1.67. The van der Waals surface area contributed by atoms with Gasteiger partial charge in [0.2, 0.25) is 5.91 Å². The van der Waals surface area contributed by atoms with Crippen LogP contribution in [0.1, 0.15) is 35.3 Å². The monoisotopic (exact) mass is 325 g/mol. The Kier molecular flexibility index (Phi) is 3.76. The molecule has 0 N–H and O–H groups in total. The molecule has 2 saturated heterocycles. The summed E-state index contributed by atoms with van der Waals surface area (Å²) in [5, 5.41) is 8.11. The Morgan fingerprint density at radius 2 is 2.04 bits per heavy atom. The minimum absolute atomic E-state index is 0.113. The fraction of sp³-hybridized carbons (Fsp3) is 0.412. The van der Waals surface area contributed by atoms with Crippen molar-refractivity contribution in [2.75, 3.05) is 13.1 Å². The van der Waals surface area contributed by atoms with Crippen LogP contribution in [0.2, 0.25) is 0 Å². The van der Waals surface area contributed by atoms with Gasteiger partial charge in [-0.1, -0.05) is 35.5 Å². The molecule has 0 spiro atoms. The molecular formula is C17H19N5O2. The maximum Gasteiger partial charge on any atom is 0.277 e. The van der Waals surface area contributed by atoms with Crippen molar-refractivity contribution in [3.05, 3.63) is 47.8 Å². The molecule has 0 radical (unpaired) electrons. The number of nitrogens with zero attached hydrogens (tertiary/aromatic N) is 5. The van der Waals surface area contributed by atoms with E-state index in [-0.39, 0.29) is 18.0 Å². The number of benzene rings is 1. The average Bonchev–Trinajstić information content (AvgIpc) is 3.25. The van der Waals surface area contributed by atoms with Gasteiger partial charge in [-0.2, -0.15) is 0 Å². The van der Waals surface area contributed by atoms with Crippen LogP contribution < -0.4 is 0 Å². The molecule has 2 fully saturated rings. The molecule has 2 aromatic rings. The predicted molar refractivity (Wildman–Crippen MR) is 86.0 cm³/mol. The summed E-state index contributed by atoms with van der Waals surface area (Å²) in [6.45, 7) is 1.79. The second-order valence-corrected chi connectivity index (χ2v) is 6.25. The summed E-state index contributed by atoms with van der Waals surface area (Å²) in [6, 6.07) is 9.92. The van der Waals surface area contributed by atoms with Crippen LogP contribution in [0.25, 0.3) is 0 Å². The van der Waals surface area contributed by atoms with Gasteiger partial charge in [0.05, 0.1) is 12.7 Å². The van der Waals surface area contributed by atoms with Gasteiger partial charge < -0.3 is 9.80 Å². The molecule has 0 bridgehead atoms. The van der Waals surface area contributed by atoms with Gasteiger partial charge in [-0.25, -0.2) is 4.68 Å². The van der Waals surface area contributed by atoms with Crippen molar-refractivity contribution < 1.29 is 9.59 Å². The first-order valence-corrected chi connectivity index (χ1v) is 8.27. The van der Waals surface area contributed by atoms with Crippen molar-refractivity contribution in [3.63, 3.8) is 0 Å². The van der Waals surface area contributed by atoms with Crippen LogP contribution in [0.15, 0.2) is 36.5 Å². The van der Waals surface area contributed by atoms with Crippen LogP contribution in [0, 0.1) is 0 Å². The van der Waals surface area contributed by atoms with E-state index in [4.69, 9.17) is 0 Å². The lowest BCUT2D eigenvalue weighted by Gasteiger charge is -2.39. The predicted octanol–water partition coefficient (Wildman–Crippen LogP) is 1.12. The van der Waals surface area contributed by atoms with E-state index in [1.807, 2.05) is 35.2 Å². The van der Waals surface area contributed by atoms with E-state index in [0.717, 1.165) is 24.9 Å². The molecule has 1 atom stereocenters. The standard InChI is InChI=1S/C17H19N5O2/c23-16-8-10-22(15-7-4-9-21(15)16)17(24)14-12-20(19-18-14)11-13-5-2-1-3-6-13/h1-3,5-6,12,15H,4,7-11H2. The molecule has 2 aliphatic heterocycles. The van der Waals surface area contributed by atoms with Crippen LogP contribution in [0.5, 0.6) is 0 Å². The van der Waals surface area contributed by atoms with Gasteiger partial charge in [0.1, 0.15) is 6.17 Å². The summed E-state index contributed by atoms with van der Waals surface area (Å²) in [6.07, 6.45) is 3.75. The highest BCUT2D eigenvalue weighted by Crippen LogP contribution is 2.26. The molecule has 2 aliphatic rings. The molecule has 1 aromatic carbocycles.